The van der Waals surface area contributed by atoms with E-state index in [1.165, 1.54) is 19.1 Å². The average molecular weight is 432 g/mol. The lowest BCUT2D eigenvalue weighted by Crippen LogP contribution is -2.39. The van der Waals surface area contributed by atoms with Crippen LogP contribution >= 0.6 is 11.6 Å². The molecule has 2 aromatic rings. The summed E-state index contributed by atoms with van der Waals surface area (Å²) in [7, 11) is 3.01. The Bertz CT molecular complexity index is 934. The van der Waals surface area contributed by atoms with Gasteiger partial charge in [-0.2, -0.15) is 0 Å². The first-order valence-electron chi connectivity index (χ1n) is 9.27. The standard InChI is InChI=1S/C21H22ClN3O5/c1-29-11-10-24-18(13-19(26)23-15-8-6-14(22)7-9-15)20(27)25(21(24)28)16-4-3-5-17(12-16)30-2/h3-9,12,18H,10-11,13H2,1-2H3,(H,23,26)/t18-/m1/s1. The van der Waals surface area contributed by atoms with Crippen LogP contribution in [0.15, 0.2) is 48.5 Å². The molecule has 0 spiro atoms. The first kappa shape index (κ1) is 21.6. The molecule has 4 amide bonds. The van der Waals surface area contributed by atoms with Crippen molar-refractivity contribution in [3.63, 3.8) is 0 Å². The number of halogens is 1. The number of nitrogens with zero attached hydrogens (tertiary/aromatic N) is 2. The zero-order valence-corrected chi connectivity index (χ0v) is 17.4. The molecule has 3 rings (SSSR count). The Kier molecular flexibility index (Phi) is 6.91. The Morgan fingerprint density at radius 3 is 2.53 bits per heavy atom. The first-order chi connectivity index (χ1) is 14.4. The fraction of sp³-hybridized carbons (Fsp3) is 0.286. The molecule has 0 saturated carbocycles. The molecule has 2 aromatic carbocycles. The van der Waals surface area contributed by atoms with Crippen LogP contribution in [0.1, 0.15) is 6.42 Å². The van der Waals surface area contributed by atoms with Crippen molar-refractivity contribution in [3.8, 4) is 5.75 Å². The van der Waals surface area contributed by atoms with E-state index in [0.717, 1.165) is 4.90 Å². The second-order valence-corrected chi connectivity index (χ2v) is 7.06. The molecule has 158 valence electrons. The number of urea groups is 1. The summed E-state index contributed by atoms with van der Waals surface area (Å²) in [6, 6.07) is 11.8. The van der Waals surface area contributed by atoms with Gasteiger partial charge in [-0.3, -0.25) is 9.59 Å². The van der Waals surface area contributed by atoms with E-state index in [9.17, 15) is 14.4 Å². The van der Waals surface area contributed by atoms with E-state index < -0.39 is 23.9 Å². The van der Waals surface area contributed by atoms with Gasteiger partial charge in [0.15, 0.2) is 0 Å². The van der Waals surface area contributed by atoms with E-state index in [0.29, 0.717) is 22.1 Å². The minimum absolute atomic E-state index is 0.181. The number of carbonyl (C=O) groups excluding carboxylic acids is 3. The maximum absolute atomic E-state index is 13.1. The van der Waals surface area contributed by atoms with Crippen LogP contribution in [0.2, 0.25) is 5.02 Å². The minimum Gasteiger partial charge on any atom is -0.497 e. The number of methoxy groups -OCH3 is 2. The van der Waals surface area contributed by atoms with E-state index in [1.54, 1.807) is 48.5 Å². The summed E-state index contributed by atoms with van der Waals surface area (Å²) in [6.45, 7) is 0.417. The fourth-order valence-corrected chi connectivity index (χ4v) is 3.31. The first-order valence-corrected chi connectivity index (χ1v) is 9.65. The summed E-state index contributed by atoms with van der Waals surface area (Å²) in [5.74, 6) is -0.352. The molecule has 1 N–H and O–H groups in total. The van der Waals surface area contributed by atoms with E-state index in [1.807, 2.05) is 0 Å². The van der Waals surface area contributed by atoms with Crippen molar-refractivity contribution < 1.29 is 23.9 Å². The van der Waals surface area contributed by atoms with Gasteiger partial charge in [0, 0.05) is 30.4 Å². The number of nitrogens with one attached hydrogen (secondary N) is 1. The third-order valence-electron chi connectivity index (χ3n) is 4.67. The number of hydrogen-bond donors (Lipinski definition) is 1. The summed E-state index contributed by atoms with van der Waals surface area (Å²) >= 11 is 5.86. The van der Waals surface area contributed by atoms with Crippen molar-refractivity contribution in [3.05, 3.63) is 53.6 Å². The van der Waals surface area contributed by atoms with Crippen molar-refractivity contribution in [2.45, 2.75) is 12.5 Å². The van der Waals surface area contributed by atoms with Gasteiger partial charge in [-0.25, -0.2) is 9.69 Å². The van der Waals surface area contributed by atoms with Gasteiger partial charge in [0.05, 0.1) is 25.8 Å². The number of ether oxygens (including phenoxy) is 2. The molecule has 1 heterocycles. The highest BCUT2D eigenvalue weighted by atomic mass is 35.5. The van der Waals surface area contributed by atoms with Gasteiger partial charge in [-0.1, -0.05) is 17.7 Å². The molecule has 0 aromatic heterocycles. The quantitative estimate of drug-likeness (QED) is 0.648. The Morgan fingerprint density at radius 1 is 1.13 bits per heavy atom. The highest BCUT2D eigenvalue weighted by Gasteiger charge is 2.46. The van der Waals surface area contributed by atoms with Gasteiger partial charge in [0.2, 0.25) is 5.91 Å². The van der Waals surface area contributed by atoms with Crippen LogP contribution in [0.5, 0.6) is 5.75 Å². The van der Waals surface area contributed by atoms with Gasteiger partial charge in [-0.05, 0) is 36.4 Å². The van der Waals surface area contributed by atoms with Gasteiger partial charge in [-0.15, -0.1) is 0 Å². The predicted molar refractivity (Wildman–Crippen MR) is 113 cm³/mol. The summed E-state index contributed by atoms with van der Waals surface area (Å²) in [5, 5.41) is 3.27. The van der Waals surface area contributed by atoms with Crippen molar-refractivity contribution >= 4 is 40.8 Å². The molecule has 0 bridgehead atoms. The number of rotatable bonds is 8. The Hall–Kier alpha value is -3.10. The molecule has 0 aliphatic carbocycles. The van der Waals surface area contributed by atoms with Crippen molar-refractivity contribution in [2.24, 2.45) is 0 Å². The molecule has 1 fully saturated rings. The lowest BCUT2D eigenvalue weighted by molar-refractivity contribution is -0.124. The van der Waals surface area contributed by atoms with Crippen LogP contribution in [0.25, 0.3) is 0 Å². The smallest absolute Gasteiger partial charge is 0.332 e. The Labute approximate surface area is 179 Å². The number of amides is 4. The van der Waals surface area contributed by atoms with Crippen LogP contribution < -0.4 is 15.0 Å². The number of anilines is 2. The van der Waals surface area contributed by atoms with Crippen LogP contribution in [-0.4, -0.2) is 56.2 Å². The zero-order chi connectivity index (χ0) is 21.7. The maximum Gasteiger partial charge on any atom is 0.332 e. The molecule has 1 aliphatic rings. The average Bonchev–Trinajstić information content (AvgIpc) is 2.97. The molecule has 1 atom stereocenters. The Balaban J connectivity index is 1.81. The van der Waals surface area contributed by atoms with Crippen molar-refractivity contribution in [1.29, 1.82) is 0 Å². The number of benzene rings is 2. The zero-order valence-electron chi connectivity index (χ0n) is 16.6. The molecular weight excluding hydrogens is 410 g/mol. The normalized spacial score (nSPS) is 16.2. The topological polar surface area (TPSA) is 88.2 Å². The SMILES string of the molecule is COCCN1C(=O)N(c2cccc(OC)c2)C(=O)[C@H]1CC(=O)Nc1ccc(Cl)cc1. The van der Waals surface area contributed by atoms with Crippen LogP contribution in [0, 0.1) is 0 Å². The van der Waals surface area contributed by atoms with E-state index >= 15 is 0 Å². The molecule has 8 nitrogen and oxygen atoms in total. The number of imide groups is 1. The summed E-state index contributed by atoms with van der Waals surface area (Å²) in [5.41, 5.74) is 0.932. The number of hydrogen-bond acceptors (Lipinski definition) is 5. The van der Waals surface area contributed by atoms with Crippen molar-refractivity contribution in [1.82, 2.24) is 4.90 Å². The molecule has 1 saturated heterocycles. The third kappa shape index (κ3) is 4.72. The molecule has 0 radical (unpaired) electrons. The van der Waals surface area contributed by atoms with Crippen molar-refractivity contribution in [2.75, 3.05) is 37.6 Å². The summed E-state index contributed by atoms with van der Waals surface area (Å²) in [4.78, 5) is 41.1. The molecular formula is C21H22ClN3O5. The van der Waals surface area contributed by atoms with Crippen LogP contribution in [-0.2, 0) is 14.3 Å². The lowest BCUT2D eigenvalue weighted by atomic mass is 10.1. The van der Waals surface area contributed by atoms with Gasteiger partial charge < -0.3 is 19.7 Å². The Morgan fingerprint density at radius 2 is 1.87 bits per heavy atom. The van der Waals surface area contributed by atoms with Gasteiger partial charge in [0.1, 0.15) is 11.8 Å². The maximum atomic E-state index is 13.1. The van der Waals surface area contributed by atoms with Crippen LogP contribution in [0.3, 0.4) is 0 Å². The highest BCUT2D eigenvalue weighted by molar-refractivity contribution is 6.30. The summed E-state index contributed by atoms with van der Waals surface area (Å²) < 4.78 is 10.3. The molecule has 9 heteroatoms. The molecule has 1 aliphatic heterocycles. The van der Waals surface area contributed by atoms with E-state index in [-0.39, 0.29) is 19.6 Å². The third-order valence-corrected chi connectivity index (χ3v) is 4.93. The highest BCUT2D eigenvalue weighted by Crippen LogP contribution is 2.29. The summed E-state index contributed by atoms with van der Waals surface area (Å²) in [6.07, 6.45) is -0.183. The second kappa shape index (κ2) is 9.60. The lowest BCUT2D eigenvalue weighted by Gasteiger charge is -2.21. The largest absolute Gasteiger partial charge is 0.497 e. The molecule has 30 heavy (non-hydrogen) atoms. The second-order valence-electron chi connectivity index (χ2n) is 6.62. The van der Waals surface area contributed by atoms with Gasteiger partial charge in [0.25, 0.3) is 5.91 Å². The van der Waals surface area contributed by atoms with Gasteiger partial charge >= 0.3 is 6.03 Å². The number of carbonyl (C=O) groups is 3. The monoisotopic (exact) mass is 431 g/mol. The molecule has 0 unspecified atom stereocenters. The minimum atomic E-state index is -0.939. The van der Waals surface area contributed by atoms with E-state index in [2.05, 4.69) is 5.32 Å². The predicted octanol–water partition coefficient (Wildman–Crippen LogP) is 3.16. The van der Waals surface area contributed by atoms with E-state index in [4.69, 9.17) is 21.1 Å². The van der Waals surface area contributed by atoms with Crippen LogP contribution in [0.4, 0.5) is 16.2 Å². The fourth-order valence-electron chi connectivity index (χ4n) is 3.19.